The zero-order chi connectivity index (χ0) is 28.8. The van der Waals surface area contributed by atoms with E-state index in [4.69, 9.17) is 16.3 Å². The number of nitrogens with zero attached hydrogens (tertiary/aromatic N) is 1. The number of alkyl halides is 1. The van der Waals surface area contributed by atoms with Crippen LogP contribution in [0.5, 0.6) is 0 Å². The maximum absolute atomic E-state index is 14.3. The maximum Gasteiger partial charge on any atom is 0.250 e. The number of rotatable bonds is 9. The van der Waals surface area contributed by atoms with Gasteiger partial charge in [0.25, 0.3) is 0 Å². The van der Waals surface area contributed by atoms with Gasteiger partial charge in [-0.05, 0) is 42.9 Å². The highest BCUT2D eigenvalue weighted by Gasteiger charge is 2.77. The normalized spacial score (nSPS) is 29.5. The van der Waals surface area contributed by atoms with Crippen LogP contribution in [0.4, 0.5) is 5.69 Å². The summed E-state index contributed by atoms with van der Waals surface area (Å²) in [5.74, 6) is -2.55. The SMILES string of the molecule is Cc1cccc(Cl)c1NC(=O)C1N([C@@H](CO)CC(C)C)C(=O)[C@@H]2[C@@H](C(=O)NCc3ccccc3)[C@@H]3OC12CC3Br. The number of carbonyl (C=O) groups is 3. The Kier molecular flexibility index (Phi) is 8.30. The fraction of sp³-hybridized carbons (Fsp3) is 0.500. The average molecular weight is 633 g/mol. The zero-order valence-electron chi connectivity index (χ0n) is 22.8. The van der Waals surface area contributed by atoms with Crippen molar-refractivity contribution in [2.75, 3.05) is 11.9 Å². The molecular formula is C30H35BrClN3O5. The van der Waals surface area contributed by atoms with E-state index in [2.05, 4.69) is 26.6 Å². The van der Waals surface area contributed by atoms with Crippen molar-refractivity contribution in [3.05, 3.63) is 64.7 Å². The number of anilines is 1. The molecule has 3 N–H and O–H groups in total. The van der Waals surface area contributed by atoms with E-state index in [-0.39, 0.29) is 29.2 Å². The second-order valence-corrected chi connectivity index (χ2v) is 13.1. The Morgan fingerprint density at radius 1 is 1.18 bits per heavy atom. The van der Waals surface area contributed by atoms with Crippen LogP contribution >= 0.6 is 27.5 Å². The summed E-state index contributed by atoms with van der Waals surface area (Å²) in [6.45, 7) is 5.85. The summed E-state index contributed by atoms with van der Waals surface area (Å²) in [5.41, 5.74) is 0.953. The first kappa shape index (κ1) is 29.0. The predicted octanol–water partition coefficient (Wildman–Crippen LogP) is 4.06. The minimum atomic E-state index is -1.23. The molecule has 2 aromatic rings. The lowest BCUT2D eigenvalue weighted by Gasteiger charge is -2.37. The lowest BCUT2D eigenvalue weighted by atomic mass is 9.70. The van der Waals surface area contributed by atoms with Gasteiger partial charge in [0.15, 0.2) is 0 Å². The lowest BCUT2D eigenvalue weighted by molar-refractivity contribution is -0.144. The highest BCUT2D eigenvalue weighted by atomic mass is 79.9. The average Bonchev–Trinajstić information content (AvgIpc) is 3.51. The van der Waals surface area contributed by atoms with Crippen LogP contribution in [0.3, 0.4) is 0 Å². The summed E-state index contributed by atoms with van der Waals surface area (Å²) in [5, 5.41) is 16.7. The van der Waals surface area contributed by atoms with Crippen LogP contribution in [0.1, 0.15) is 37.8 Å². The number of carbonyl (C=O) groups excluding carboxylic acids is 3. The Bertz CT molecular complexity index is 1270. The van der Waals surface area contributed by atoms with Gasteiger partial charge in [0.1, 0.15) is 11.6 Å². The second kappa shape index (κ2) is 11.4. The molecule has 3 heterocycles. The van der Waals surface area contributed by atoms with Crippen molar-refractivity contribution in [2.24, 2.45) is 17.8 Å². The minimum Gasteiger partial charge on any atom is -0.394 e. The third-order valence-electron chi connectivity index (χ3n) is 8.41. The van der Waals surface area contributed by atoms with Gasteiger partial charge in [-0.3, -0.25) is 14.4 Å². The van der Waals surface area contributed by atoms with Gasteiger partial charge in [0, 0.05) is 11.4 Å². The van der Waals surface area contributed by atoms with Gasteiger partial charge in [-0.1, -0.05) is 83.8 Å². The molecule has 10 heteroatoms. The van der Waals surface area contributed by atoms with Crippen LogP contribution in [0.15, 0.2) is 48.5 Å². The van der Waals surface area contributed by atoms with Crippen molar-refractivity contribution in [3.8, 4) is 0 Å². The molecule has 0 saturated carbocycles. The Hall–Kier alpha value is -2.46. The number of para-hydroxylation sites is 1. The highest BCUT2D eigenvalue weighted by Crippen LogP contribution is 2.60. The molecule has 2 bridgehead atoms. The molecule has 5 rings (SSSR count). The van der Waals surface area contributed by atoms with Crippen LogP contribution < -0.4 is 10.6 Å². The van der Waals surface area contributed by atoms with E-state index in [0.29, 0.717) is 30.1 Å². The molecule has 3 amide bonds. The molecule has 40 heavy (non-hydrogen) atoms. The molecule has 0 aliphatic carbocycles. The quantitative estimate of drug-likeness (QED) is 0.362. The van der Waals surface area contributed by atoms with Gasteiger partial charge in [0.2, 0.25) is 17.7 Å². The van der Waals surface area contributed by atoms with Crippen molar-refractivity contribution in [2.45, 2.75) is 68.8 Å². The Morgan fingerprint density at radius 3 is 2.55 bits per heavy atom. The predicted molar refractivity (Wildman–Crippen MR) is 156 cm³/mol. The molecule has 0 radical (unpaired) electrons. The standard InChI is InChI=1S/C30H35BrClN3O5/c1-16(2)12-19(15-36)35-26(28(38)34-24-17(3)8-7-11-21(24)32)30-13-20(31)25(40-30)22(23(30)29(35)39)27(37)33-14-18-9-5-4-6-10-18/h4-11,16,19-20,22-23,25-26,36H,12-15H2,1-3H3,(H,33,37)(H,34,38)/t19-,20?,22-,23+,25-,26?,30?/m1/s1. The molecule has 3 saturated heterocycles. The fourth-order valence-electron chi connectivity index (χ4n) is 6.76. The van der Waals surface area contributed by atoms with Gasteiger partial charge in [-0.15, -0.1) is 0 Å². The number of likely N-dealkylation sites (tertiary alicyclic amines) is 1. The number of benzene rings is 2. The molecule has 3 aliphatic rings. The smallest absolute Gasteiger partial charge is 0.250 e. The van der Waals surface area contributed by atoms with Crippen molar-refractivity contribution >= 4 is 50.9 Å². The monoisotopic (exact) mass is 631 g/mol. The summed E-state index contributed by atoms with van der Waals surface area (Å²) in [4.78, 5) is 43.4. The van der Waals surface area contributed by atoms with Crippen molar-refractivity contribution in [1.82, 2.24) is 10.2 Å². The van der Waals surface area contributed by atoms with E-state index in [9.17, 15) is 19.5 Å². The third kappa shape index (κ3) is 4.95. The van der Waals surface area contributed by atoms with Gasteiger partial charge in [-0.25, -0.2) is 0 Å². The highest BCUT2D eigenvalue weighted by molar-refractivity contribution is 9.09. The molecule has 1 spiro atoms. The molecule has 3 unspecified atom stereocenters. The van der Waals surface area contributed by atoms with E-state index >= 15 is 0 Å². The fourth-order valence-corrected chi connectivity index (χ4v) is 7.98. The van der Waals surface area contributed by atoms with E-state index < -0.39 is 41.5 Å². The maximum atomic E-state index is 14.3. The van der Waals surface area contributed by atoms with E-state index in [1.807, 2.05) is 57.2 Å². The van der Waals surface area contributed by atoms with Crippen molar-refractivity contribution < 1.29 is 24.2 Å². The number of hydrogen-bond donors (Lipinski definition) is 3. The number of halogens is 2. The van der Waals surface area contributed by atoms with Gasteiger partial charge in [0.05, 0.1) is 41.3 Å². The molecule has 2 aromatic carbocycles. The molecular weight excluding hydrogens is 598 g/mol. The molecule has 3 fully saturated rings. The lowest BCUT2D eigenvalue weighted by Crippen LogP contribution is -2.57. The molecule has 3 aliphatic heterocycles. The van der Waals surface area contributed by atoms with Crippen LogP contribution in [0.2, 0.25) is 5.02 Å². The number of hydrogen-bond acceptors (Lipinski definition) is 5. The van der Waals surface area contributed by atoms with Crippen molar-refractivity contribution in [3.63, 3.8) is 0 Å². The Balaban J connectivity index is 1.52. The van der Waals surface area contributed by atoms with Crippen LogP contribution in [0, 0.1) is 24.7 Å². The first-order chi connectivity index (χ1) is 19.1. The summed E-state index contributed by atoms with van der Waals surface area (Å²) >= 11 is 10.1. The number of aryl methyl sites for hydroxylation is 1. The third-order valence-corrected chi connectivity index (χ3v) is 9.57. The first-order valence-electron chi connectivity index (χ1n) is 13.7. The first-order valence-corrected chi connectivity index (χ1v) is 15.0. The summed E-state index contributed by atoms with van der Waals surface area (Å²) in [6, 6.07) is 13.2. The van der Waals surface area contributed by atoms with Gasteiger partial charge >= 0.3 is 0 Å². The van der Waals surface area contributed by atoms with Crippen LogP contribution in [0.25, 0.3) is 0 Å². The number of nitrogens with one attached hydrogen (secondary N) is 2. The van der Waals surface area contributed by atoms with E-state index in [1.165, 1.54) is 4.90 Å². The zero-order valence-corrected chi connectivity index (χ0v) is 25.1. The second-order valence-electron chi connectivity index (χ2n) is 11.5. The van der Waals surface area contributed by atoms with Crippen molar-refractivity contribution in [1.29, 1.82) is 0 Å². The van der Waals surface area contributed by atoms with E-state index in [1.54, 1.807) is 12.1 Å². The van der Waals surface area contributed by atoms with Gasteiger partial charge in [-0.2, -0.15) is 0 Å². The number of fused-ring (bicyclic) bond motifs is 1. The summed E-state index contributed by atoms with van der Waals surface area (Å²) in [6.07, 6.45) is 0.306. The number of aliphatic hydroxyl groups is 1. The molecule has 7 atom stereocenters. The Labute approximate surface area is 247 Å². The topological polar surface area (TPSA) is 108 Å². The number of ether oxygens (including phenoxy) is 1. The molecule has 0 aromatic heterocycles. The summed E-state index contributed by atoms with van der Waals surface area (Å²) in [7, 11) is 0. The molecule has 8 nitrogen and oxygen atoms in total. The molecule has 214 valence electrons. The van der Waals surface area contributed by atoms with E-state index in [0.717, 1.165) is 11.1 Å². The minimum absolute atomic E-state index is 0.156. The Morgan fingerprint density at radius 2 is 1.90 bits per heavy atom. The largest absolute Gasteiger partial charge is 0.394 e. The van der Waals surface area contributed by atoms with Crippen LogP contribution in [-0.4, -0.2) is 63.0 Å². The van der Waals surface area contributed by atoms with Crippen LogP contribution in [-0.2, 0) is 25.7 Å². The number of aliphatic hydroxyl groups excluding tert-OH is 1. The van der Waals surface area contributed by atoms with Gasteiger partial charge < -0.3 is 25.4 Å². The summed E-state index contributed by atoms with van der Waals surface area (Å²) < 4.78 is 6.57. The number of amides is 3.